The van der Waals surface area contributed by atoms with Gasteiger partial charge in [-0.2, -0.15) is 12.7 Å². The fourth-order valence-corrected chi connectivity index (χ4v) is 3.73. The molecule has 2 aliphatic rings. The summed E-state index contributed by atoms with van der Waals surface area (Å²) in [5.41, 5.74) is 0. The average Bonchev–Trinajstić information content (AvgIpc) is 2.74. The monoisotopic (exact) mass is 263 g/mol. The van der Waals surface area contributed by atoms with Gasteiger partial charge in [0.15, 0.2) is 0 Å². The molecule has 1 heterocycles. The first-order valence-electron chi connectivity index (χ1n) is 6.21. The van der Waals surface area contributed by atoms with E-state index in [-0.39, 0.29) is 12.0 Å². The molecule has 3 N–H and O–H groups in total. The first kappa shape index (κ1) is 13.2. The van der Waals surface area contributed by atoms with Crippen molar-refractivity contribution >= 4 is 10.2 Å². The fourth-order valence-electron chi connectivity index (χ4n) is 2.43. The Morgan fingerprint density at radius 2 is 2.00 bits per heavy atom. The lowest BCUT2D eigenvalue weighted by Gasteiger charge is -2.27. The van der Waals surface area contributed by atoms with Gasteiger partial charge in [-0.25, -0.2) is 4.72 Å². The van der Waals surface area contributed by atoms with Crippen LogP contribution in [0.3, 0.4) is 0 Å². The van der Waals surface area contributed by atoms with E-state index in [0.717, 1.165) is 12.8 Å². The van der Waals surface area contributed by atoms with Crippen LogP contribution in [0, 0.1) is 5.92 Å². The highest BCUT2D eigenvalue weighted by atomic mass is 32.2. The molecule has 0 aromatic rings. The van der Waals surface area contributed by atoms with Crippen molar-refractivity contribution in [2.75, 3.05) is 32.7 Å². The Bertz CT molecular complexity index is 341. The number of hydrogen-bond donors (Lipinski definition) is 3. The van der Waals surface area contributed by atoms with Crippen molar-refractivity contribution in [3.63, 3.8) is 0 Å². The van der Waals surface area contributed by atoms with E-state index < -0.39 is 10.2 Å². The van der Waals surface area contributed by atoms with Crippen LogP contribution in [0.25, 0.3) is 0 Å². The van der Waals surface area contributed by atoms with Gasteiger partial charge in [0.2, 0.25) is 0 Å². The van der Waals surface area contributed by atoms with Crippen LogP contribution in [0.5, 0.6) is 0 Å². The summed E-state index contributed by atoms with van der Waals surface area (Å²) in [4.78, 5) is 0. The quantitative estimate of drug-likeness (QED) is 0.600. The number of nitrogens with one attached hydrogen (secondary N) is 2. The molecule has 2 unspecified atom stereocenters. The third-order valence-corrected chi connectivity index (χ3v) is 5.06. The Kier molecular flexibility index (Phi) is 4.37. The highest BCUT2D eigenvalue weighted by Crippen LogP contribution is 2.24. The number of aliphatic hydroxyl groups is 1. The average molecular weight is 263 g/mol. The van der Waals surface area contributed by atoms with E-state index in [1.54, 1.807) is 0 Å². The van der Waals surface area contributed by atoms with Crippen molar-refractivity contribution in [3.05, 3.63) is 0 Å². The van der Waals surface area contributed by atoms with Gasteiger partial charge >= 0.3 is 0 Å². The first-order chi connectivity index (χ1) is 8.08. The zero-order valence-electron chi connectivity index (χ0n) is 9.93. The molecule has 1 saturated carbocycles. The van der Waals surface area contributed by atoms with E-state index in [1.165, 1.54) is 4.31 Å². The predicted octanol–water partition coefficient (Wildman–Crippen LogP) is -1.11. The summed E-state index contributed by atoms with van der Waals surface area (Å²) in [6, 6.07) is 0. The number of hydrogen-bond acceptors (Lipinski definition) is 4. The summed E-state index contributed by atoms with van der Waals surface area (Å²) in [5.74, 6) is 0.280. The van der Waals surface area contributed by atoms with E-state index in [1.807, 2.05) is 0 Å². The van der Waals surface area contributed by atoms with Crippen LogP contribution in [-0.2, 0) is 10.2 Å². The summed E-state index contributed by atoms with van der Waals surface area (Å²) < 4.78 is 28.0. The van der Waals surface area contributed by atoms with Gasteiger partial charge in [-0.1, -0.05) is 0 Å². The second-order valence-corrected chi connectivity index (χ2v) is 6.59. The topological polar surface area (TPSA) is 81.7 Å². The molecular weight excluding hydrogens is 242 g/mol. The van der Waals surface area contributed by atoms with E-state index in [2.05, 4.69) is 10.0 Å². The molecule has 2 rings (SSSR count). The molecule has 0 radical (unpaired) electrons. The van der Waals surface area contributed by atoms with Gasteiger partial charge in [0.05, 0.1) is 6.10 Å². The van der Waals surface area contributed by atoms with Gasteiger partial charge < -0.3 is 10.4 Å². The Hall–Kier alpha value is -0.210. The van der Waals surface area contributed by atoms with Gasteiger partial charge in [0.25, 0.3) is 10.2 Å². The number of piperazine rings is 1. The van der Waals surface area contributed by atoms with Gasteiger partial charge in [-0.05, 0) is 25.2 Å². The molecule has 1 aliphatic heterocycles. The maximum Gasteiger partial charge on any atom is 0.279 e. The van der Waals surface area contributed by atoms with Crippen molar-refractivity contribution in [2.45, 2.75) is 25.4 Å². The summed E-state index contributed by atoms with van der Waals surface area (Å²) in [5, 5.41) is 12.5. The van der Waals surface area contributed by atoms with E-state index in [9.17, 15) is 13.5 Å². The van der Waals surface area contributed by atoms with E-state index in [0.29, 0.717) is 39.1 Å². The highest BCUT2D eigenvalue weighted by molar-refractivity contribution is 7.87. The third-order valence-electron chi connectivity index (χ3n) is 3.48. The third kappa shape index (κ3) is 3.62. The molecule has 2 atom stereocenters. The van der Waals surface area contributed by atoms with E-state index in [4.69, 9.17) is 0 Å². The molecule has 0 spiro atoms. The Balaban J connectivity index is 1.80. The van der Waals surface area contributed by atoms with Crippen molar-refractivity contribution in [1.29, 1.82) is 0 Å². The van der Waals surface area contributed by atoms with Crippen molar-refractivity contribution < 1.29 is 13.5 Å². The van der Waals surface area contributed by atoms with Crippen LogP contribution >= 0.6 is 0 Å². The zero-order chi connectivity index (χ0) is 12.3. The second-order valence-electron chi connectivity index (χ2n) is 4.84. The normalized spacial score (nSPS) is 31.8. The van der Waals surface area contributed by atoms with Crippen molar-refractivity contribution in [2.24, 2.45) is 5.92 Å². The fraction of sp³-hybridized carbons (Fsp3) is 1.00. The van der Waals surface area contributed by atoms with Crippen LogP contribution < -0.4 is 10.0 Å². The maximum absolute atomic E-state index is 11.9. The molecule has 0 aromatic carbocycles. The first-order valence-corrected chi connectivity index (χ1v) is 7.65. The van der Waals surface area contributed by atoms with Crippen LogP contribution in [0.1, 0.15) is 19.3 Å². The maximum atomic E-state index is 11.9. The molecule has 100 valence electrons. The number of aliphatic hydroxyl groups excluding tert-OH is 1. The lowest BCUT2D eigenvalue weighted by atomic mass is 10.1. The SMILES string of the molecule is O=S(=O)(NCC1CCC(O)C1)N1CCNCC1. The lowest BCUT2D eigenvalue weighted by molar-refractivity contribution is 0.177. The van der Waals surface area contributed by atoms with Crippen LogP contribution in [0.4, 0.5) is 0 Å². The minimum Gasteiger partial charge on any atom is -0.393 e. The van der Waals surface area contributed by atoms with Crippen molar-refractivity contribution in [1.82, 2.24) is 14.3 Å². The number of rotatable bonds is 4. The Labute approximate surface area is 103 Å². The summed E-state index contributed by atoms with van der Waals surface area (Å²) in [7, 11) is -3.33. The second kappa shape index (κ2) is 5.62. The van der Waals surface area contributed by atoms with Crippen molar-refractivity contribution in [3.8, 4) is 0 Å². The summed E-state index contributed by atoms with van der Waals surface area (Å²) >= 11 is 0. The molecular formula is C10H21N3O3S. The molecule has 1 saturated heterocycles. The summed E-state index contributed by atoms with van der Waals surface area (Å²) in [6.45, 7) is 2.93. The van der Waals surface area contributed by atoms with E-state index >= 15 is 0 Å². The molecule has 1 aliphatic carbocycles. The minimum atomic E-state index is -3.33. The molecule has 0 aromatic heterocycles. The molecule has 0 bridgehead atoms. The summed E-state index contributed by atoms with van der Waals surface area (Å²) in [6.07, 6.45) is 2.17. The zero-order valence-corrected chi connectivity index (χ0v) is 10.7. The Morgan fingerprint density at radius 3 is 2.59 bits per heavy atom. The smallest absolute Gasteiger partial charge is 0.279 e. The molecule has 2 fully saturated rings. The Morgan fingerprint density at radius 1 is 1.29 bits per heavy atom. The minimum absolute atomic E-state index is 0.247. The van der Waals surface area contributed by atoms with Crippen LogP contribution in [0.15, 0.2) is 0 Å². The molecule has 6 nitrogen and oxygen atoms in total. The van der Waals surface area contributed by atoms with Crippen LogP contribution in [0.2, 0.25) is 0 Å². The number of nitrogens with zero attached hydrogens (tertiary/aromatic N) is 1. The van der Waals surface area contributed by atoms with Gasteiger partial charge in [-0.3, -0.25) is 0 Å². The largest absolute Gasteiger partial charge is 0.393 e. The van der Waals surface area contributed by atoms with Gasteiger partial charge in [-0.15, -0.1) is 0 Å². The predicted molar refractivity (Wildman–Crippen MR) is 64.7 cm³/mol. The van der Waals surface area contributed by atoms with Gasteiger partial charge in [0, 0.05) is 32.7 Å². The van der Waals surface area contributed by atoms with Gasteiger partial charge in [0.1, 0.15) is 0 Å². The standard InChI is InChI=1S/C10H21N3O3S/c14-10-2-1-9(7-10)8-12-17(15,16)13-5-3-11-4-6-13/h9-12,14H,1-8H2. The van der Waals surface area contributed by atoms with Crippen LogP contribution in [-0.4, -0.2) is 56.7 Å². The molecule has 17 heavy (non-hydrogen) atoms. The molecule has 7 heteroatoms. The highest BCUT2D eigenvalue weighted by Gasteiger charge is 2.27. The lowest BCUT2D eigenvalue weighted by Crippen LogP contribution is -2.51. The molecule has 0 amide bonds.